The second kappa shape index (κ2) is 17.2. The van der Waals surface area contributed by atoms with Gasteiger partial charge in [0.2, 0.25) is 17.7 Å². The first-order chi connectivity index (χ1) is 18.4. The first-order valence-electron chi connectivity index (χ1n) is 12.4. The lowest BCUT2D eigenvalue weighted by Crippen LogP contribution is -2.56. The lowest BCUT2D eigenvalue weighted by Gasteiger charge is -2.23. The van der Waals surface area contributed by atoms with E-state index in [1.165, 1.54) is 6.92 Å². The average Bonchev–Trinajstić information content (AvgIpc) is 2.87. The number of guanidine groups is 2. The van der Waals surface area contributed by atoms with Crippen LogP contribution < -0.4 is 44.6 Å². The molecule has 0 bridgehead atoms. The van der Waals surface area contributed by atoms with E-state index >= 15 is 0 Å². The molecule has 0 saturated heterocycles. The zero-order valence-electron chi connectivity index (χ0n) is 22.0. The molecule has 0 aliphatic heterocycles. The third-order valence-corrected chi connectivity index (χ3v) is 5.53. The summed E-state index contributed by atoms with van der Waals surface area (Å²) < 4.78 is 0. The number of aliphatic carboxylic acids is 1. The van der Waals surface area contributed by atoms with E-state index in [1.807, 2.05) is 6.07 Å². The van der Waals surface area contributed by atoms with E-state index in [9.17, 15) is 24.3 Å². The molecule has 0 fully saturated rings. The van der Waals surface area contributed by atoms with Crippen molar-refractivity contribution in [3.63, 3.8) is 0 Å². The van der Waals surface area contributed by atoms with Gasteiger partial charge in [0.25, 0.3) is 0 Å². The molecule has 4 atom stereocenters. The lowest BCUT2D eigenvalue weighted by atomic mass is 10.0. The fraction of sp³-hybridized carbons (Fsp3) is 0.500. The Balaban J connectivity index is 2.82. The van der Waals surface area contributed by atoms with Gasteiger partial charge >= 0.3 is 5.97 Å². The summed E-state index contributed by atoms with van der Waals surface area (Å²) in [6, 6.07) is 4.70. The number of hydrogen-bond acceptors (Lipinski definition) is 7. The van der Waals surface area contributed by atoms with Gasteiger partial charge < -0.3 is 49.7 Å². The topological polar surface area (TPSA) is 279 Å². The minimum Gasteiger partial charge on any atom is -0.480 e. The van der Waals surface area contributed by atoms with Gasteiger partial charge in [-0.15, -0.1) is 0 Å². The second-order valence-electron chi connectivity index (χ2n) is 8.88. The Hall–Kier alpha value is -4.40. The highest BCUT2D eigenvalue weighted by molar-refractivity contribution is 5.94. The number of benzene rings is 1. The van der Waals surface area contributed by atoms with Gasteiger partial charge in [0.15, 0.2) is 11.9 Å². The highest BCUT2D eigenvalue weighted by Crippen LogP contribution is 2.06. The van der Waals surface area contributed by atoms with Crippen molar-refractivity contribution in [3.8, 4) is 0 Å². The maximum atomic E-state index is 13.1. The maximum Gasteiger partial charge on any atom is 0.326 e. The number of amides is 3. The van der Waals surface area contributed by atoms with Crippen LogP contribution in [0, 0.1) is 0 Å². The molecule has 0 saturated carbocycles. The number of rotatable bonds is 17. The molecule has 0 heterocycles. The molecule has 15 heteroatoms. The number of carbonyl (C=O) groups excluding carboxylic acids is 3. The number of nitrogens with zero attached hydrogens (tertiary/aromatic N) is 2. The van der Waals surface area contributed by atoms with Gasteiger partial charge in [-0.05, 0) is 38.2 Å². The second-order valence-corrected chi connectivity index (χ2v) is 8.88. The number of carboxylic acid groups (broad SMARTS) is 1. The molecule has 1 aromatic carbocycles. The molecule has 216 valence electrons. The fourth-order valence-electron chi connectivity index (χ4n) is 3.43. The lowest BCUT2D eigenvalue weighted by molar-refractivity contribution is -0.142. The monoisotopic (exact) mass is 548 g/mol. The highest BCUT2D eigenvalue weighted by atomic mass is 16.4. The van der Waals surface area contributed by atoms with Crippen molar-refractivity contribution in [1.29, 1.82) is 0 Å². The van der Waals surface area contributed by atoms with Crippen molar-refractivity contribution in [2.45, 2.75) is 63.2 Å². The average molecular weight is 549 g/mol. The van der Waals surface area contributed by atoms with Gasteiger partial charge in [0.05, 0.1) is 6.04 Å². The first kappa shape index (κ1) is 32.6. The number of hydrogen-bond donors (Lipinski definition) is 9. The normalized spacial score (nSPS) is 13.6. The van der Waals surface area contributed by atoms with Crippen molar-refractivity contribution in [2.24, 2.45) is 38.7 Å². The third kappa shape index (κ3) is 13.6. The molecule has 0 aromatic heterocycles. The van der Waals surface area contributed by atoms with Crippen LogP contribution in [0.2, 0.25) is 0 Å². The Labute approximate surface area is 227 Å². The van der Waals surface area contributed by atoms with Crippen LogP contribution in [-0.4, -0.2) is 78.0 Å². The van der Waals surface area contributed by atoms with Crippen LogP contribution in [0.15, 0.2) is 40.3 Å². The number of nitrogens with one attached hydrogen (secondary N) is 3. The molecule has 39 heavy (non-hydrogen) atoms. The molecule has 0 aliphatic rings. The van der Waals surface area contributed by atoms with Crippen LogP contribution in [0.4, 0.5) is 0 Å². The molecular formula is C24H40N10O5. The van der Waals surface area contributed by atoms with Crippen LogP contribution in [0.3, 0.4) is 0 Å². The summed E-state index contributed by atoms with van der Waals surface area (Å²) in [4.78, 5) is 57.6. The van der Waals surface area contributed by atoms with E-state index in [1.54, 1.807) is 24.3 Å². The molecule has 4 unspecified atom stereocenters. The smallest absolute Gasteiger partial charge is 0.326 e. The number of carboxylic acids is 1. The minimum absolute atomic E-state index is 0.0635. The predicted octanol–water partition coefficient (Wildman–Crippen LogP) is -2.78. The number of nitrogens with two attached hydrogens (primary N) is 5. The first-order valence-corrected chi connectivity index (χ1v) is 12.4. The van der Waals surface area contributed by atoms with Crippen LogP contribution in [0.5, 0.6) is 0 Å². The standard InChI is InChI=1S/C24H40N10O5/c1-14(19(35)33-17(22(38)39)10-6-12-31-24(28)29)32-21(37)18(13-15-7-3-2-4-8-15)34-20(36)16(25)9-5-11-30-23(26)27/h2-4,7-8,14,16-18H,5-6,9-13,25H2,1H3,(H,32,37)(H,33,35)(H,34,36)(H,38,39)(H4,26,27,30)(H4,28,29,31). The summed E-state index contributed by atoms with van der Waals surface area (Å²) in [6.07, 6.45) is 1.26. The number of carbonyl (C=O) groups is 4. The Bertz CT molecular complexity index is 1010. The van der Waals surface area contributed by atoms with Crippen molar-refractivity contribution >= 4 is 35.6 Å². The van der Waals surface area contributed by atoms with Gasteiger partial charge in [-0.25, -0.2) is 4.79 Å². The largest absolute Gasteiger partial charge is 0.480 e. The van der Waals surface area contributed by atoms with Crippen molar-refractivity contribution < 1.29 is 24.3 Å². The molecule has 15 nitrogen and oxygen atoms in total. The molecule has 14 N–H and O–H groups in total. The van der Waals surface area contributed by atoms with E-state index in [-0.39, 0.29) is 37.7 Å². The minimum atomic E-state index is -1.24. The van der Waals surface area contributed by atoms with Gasteiger partial charge in [0, 0.05) is 19.5 Å². The Kier molecular flexibility index (Phi) is 14.4. The maximum absolute atomic E-state index is 13.1. The SMILES string of the molecule is CC(NC(=O)C(Cc1ccccc1)NC(=O)C(N)CCCN=C(N)N)C(=O)NC(CCCN=C(N)N)C(=O)O. The quantitative estimate of drug-likeness (QED) is 0.0548. The highest BCUT2D eigenvalue weighted by Gasteiger charge is 2.28. The van der Waals surface area contributed by atoms with Gasteiger partial charge in [0.1, 0.15) is 18.1 Å². The van der Waals surface area contributed by atoms with Crippen molar-refractivity contribution in [1.82, 2.24) is 16.0 Å². The summed E-state index contributed by atoms with van der Waals surface area (Å²) in [5.74, 6) is -3.33. The summed E-state index contributed by atoms with van der Waals surface area (Å²) in [6.45, 7) is 1.91. The fourth-order valence-corrected chi connectivity index (χ4v) is 3.43. The van der Waals surface area contributed by atoms with E-state index in [0.717, 1.165) is 5.56 Å². The molecule has 0 spiro atoms. The van der Waals surface area contributed by atoms with Crippen LogP contribution in [-0.2, 0) is 25.6 Å². The summed E-state index contributed by atoms with van der Waals surface area (Å²) in [5.41, 5.74) is 27.8. The molecule has 1 rings (SSSR count). The van der Waals surface area contributed by atoms with E-state index < -0.39 is 47.9 Å². The predicted molar refractivity (Wildman–Crippen MR) is 147 cm³/mol. The van der Waals surface area contributed by atoms with Crippen molar-refractivity contribution in [3.05, 3.63) is 35.9 Å². The molecule has 3 amide bonds. The van der Waals surface area contributed by atoms with Gasteiger partial charge in [-0.1, -0.05) is 30.3 Å². The van der Waals surface area contributed by atoms with Crippen molar-refractivity contribution in [2.75, 3.05) is 13.1 Å². The Morgan fingerprint density at radius 3 is 1.87 bits per heavy atom. The Morgan fingerprint density at radius 2 is 1.33 bits per heavy atom. The molecule has 0 radical (unpaired) electrons. The van der Waals surface area contributed by atoms with Crippen LogP contribution >= 0.6 is 0 Å². The van der Waals surface area contributed by atoms with E-state index in [2.05, 4.69) is 25.9 Å². The zero-order chi connectivity index (χ0) is 29.4. The molecular weight excluding hydrogens is 508 g/mol. The van der Waals surface area contributed by atoms with Gasteiger partial charge in [-0.2, -0.15) is 0 Å². The molecule has 0 aliphatic carbocycles. The molecule has 1 aromatic rings. The van der Waals surface area contributed by atoms with E-state index in [4.69, 9.17) is 28.7 Å². The Morgan fingerprint density at radius 1 is 0.795 bits per heavy atom. The number of aliphatic imine (C=N–C) groups is 2. The van der Waals surface area contributed by atoms with Crippen LogP contribution in [0.1, 0.15) is 38.2 Å². The van der Waals surface area contributed by atoms with Gasteiger partial charge in [-0.3, -0.25) is 24.4 Å². The summed E-state index contributed by atoms with van der Waals surface area (Å²) in [5, 5.41) is 17.0. The van der Waals surface area contributed by atoms with E-state index in [0.29, 0.717) is 19.4 Å². The third-order valence-electron chi connectivity index (χ3n) is 5.53. The van der Waals surface area contributed by atoms with Crippen LogP contribution in [0.25, 0.3) is 0 Å². The zero-order valence-corrected chi connectivity index (χ0v) is 22.0. The summed E-state index contributed by atoms with van der Waals surface area (Å²) in [7, 11) is 0. The summed E-state index contributed by atoms with van der Waals surface area (Å²) >= 11 is 0.